The fourth-order valence-electron chi connectivity index (χ4n) is 3.54. The number of pyridine rings is 1. The lowest BCUT2D eigenvalue weighted by atomic mass is 9.98. The maximum absolute atomic E-state index is 12.5. The SMILES string of the molecule is CC(C(=O)N1CC2CCC(N)C2C1)c1cccnc1.Cl. The molecule has 2 fully saturated rings. The Labute approximate surface area is 126 Å². The van der Waals surface area contributed by atoms with Crippen molar-refractivity contribution in [3.8, 4) is 0 Å². The number of aromatic nitrogens is 1. The van der Waals surface area contributed by atoms with Gasteiger partial charge in [-0.1, -0.05) is 6.07 Å². The Balaban J connectivity index is 0.00000147. The van der Waals surface area contributed by atoms with Crippen LogP contribution < -0.4 is 5.73 Å². The van der Waals surface area contributed by atoms with E-state index in [1.54, 1.807) is 12.4 Å². The van der Waals surface area contributed by atoms with Crippen molar-refractivity contribution in [2.75, 3.05) is 13.1 Å². The third-order valence-electron chi connectivity index (χ3n) is 4.78. The molecule has 1 aliphatic heterocycles. The van der Waals surface area contributed by atoms with E-state index in [2.05, 4.69) is 4.98 Å². The van der Waals surface area contributed by atoms with Crippen molar-refractivity contribution < 1.29 is 4.79 Å². The molecule has 0 spiro atoms. The molecule has 0 radical (unpaired) electrons. The molecule has 4 nitrogen and oxygen atoms in total. The maximum Gasteiger partial charge on any atom is 0.229 e. The van der Waals surface area contributed by atoms with Crippen molar-refractivity contribution in [2.24, 2.45) is 17.6 Å². The lowest BCUT2D eigenvalue weighted by Gasteiger charge is -2.22. The minimum atomic E-state index is -0.108. The van der Waals surface area contributed by atoms with Crippen molar-refractivity contribution in [1.82, 2.24) is 9.88 Å². The minimum Gasteiger partial charge on any atom is -0.342 e. The van der Waals surface area contributed by atoms with Gasteiger partial charge in [0.15, 0.2) is 0 Å². The van der Waals surface area contributed by atoms with Crippen LogP contribution in [0.3, 0.4) is 0 Å². The number of hydrogen-bond acceptors (Lipinski definition) is 3. The lowest BCUT2D eigenvalue weighted by Crippen LogP contribution is -2.35. The Morgan fingerprint density at radius 3 is 2.90 bits per heavy atom. The predicted octanol–water partition coefficient (Wildman–Crippen LogP) is 1.80. The van der Waals surface area contributed by atoms with Gasteiger partial charge in [0, 0.05) is 31.5 Å². The smallest absolute Gasteiger partial charge is 0.229 e. The van der Waals surface area contributed by atoms with Crippen LogP contribution in [-0.2, 0) is 4.79 Å². The molecule has 4 unspecified atom stereocenters. The molecule has 2 aliphatic rings. The molecule has 3 rings (SSSR count). The largest absolute Gasteiger partial charge is 0.342 e. The highest BCUT2D eigenvalue weighted by Crippen LogP contribution is 2.38. The fourth-order valence-corrected chi connectivity index (χ4v) is 3.54. The summed E-state index contributed by atoms with van der Waals surface area (Å²) in [7, 11) is 0. The molecule has 110 valence electrons. The Morgan fingerprint density at radius 2 is 2.25 bits per heavy atom. The summed E-state index contributed by atoms with van der Waals surface area (Å²) >= 11 is 0. The molecule has 1 amide bonds. The van der Waals surface area contributed by atoms with Gasteiger partial charge in [-0.2, -0.15) is 0 Å². The highest BCUT2D eigenvalue weighted by Gasteiger charge is 2.43. The van der Waals surface area contributed by atoms with Crippen LogP contribution in [0.25, 0.3) is 0 Å². The van der Waals surface area contributed by atoms with Crippen LogP contribution >= 0.6 is 12.4 Å². The van der Waals surface area contributed by atoms with Crippen LogP contribution in [-0.4, -0.2) is 34.9 Å². The van der Waals surface area contributed by atoms with E-state index in [0.717, 1.165) is 25.1 Å². The van der Waals surface area contributed by atoms with Crippen molar-refractivity contribution in [2.45, 2.75) is 31.7 Å². The van der Waals surface area contributed by atoms with Crippen molar-refractivity contribution in [3.05, 3.63) is 30.1 Å². The average Bonchev–Trinajstić information content (AvgIpc) is 3.01. The van der Waals surface area contributed by atoms with Crippen LogP contribution in [0, 0.1) is 11.8 Å². The molecule has 0 aromatic carbocycles. The van der Waals surface area contributed by atoms with Crippen molar-refractivity contribution in [3.63, 3.8) is 0 Å². The molecular weight excluding hydrogens is 274 g/mol. The first kappa shape index (κ1) is 15.3. The Kier molecular flexibility index (Phi) is 4.66. The number of nitrogens with two attached hydrogens (primary N) is 1. The summed E-state index contributed by atoms with van der Waals surface area (Å²) in [6, 6.07) is 4.14. The van der Waals surface area contributed by atoms with Gasteiger partial charge in [0.2, 0.25) is 5.91 Å². The van der Waals surface area contributed by atoms with Gasteiger partial charge in [0.25, 0.3) is 0 Å². The monoisotopic (exact) mass is 295 g/mol. The quantitative estimate of drug-likeness (QED) is 0.905. The van der Waals surface area contributed by atoms with Gasteiger partial charge < -0.3 is 10.6 Å². The highest BCUT2D eigenvalue weighted by atomic mass is 35.5. The zero-order chi connectivity index (χ0) is 13.4. The zero-order valence-corrected chi connectivity index (χ0v) is 12.6. The third-order valence-corrected chi connectivity index (χ3v) is 4.78. The number of fused-ring (bicyclic) bond motifs is 1. The number of rotatable bonds is 2. The number of likely N-dealkylation sites (tertiary alicyclic amines) is 1. The van der Waals surface area contributed by atoms with Gasteiger partial charge in [-0.15, -0.1) is 12.4 Å². The molecule has 1 aliphatic carbocycles. The average molecular weight is 296 g/mol. The normalized spacial score (nSPS) is 29.7. The molecule has 1 saturated heterocycles. The Bertz CT molecular complexity index is 467. The van der Waals surface area contributed by atoms with Gasteiger partial charge in [-0.25, -0.2) is 0 Å². The maximum atomic E-state index is 12.5. The van der Waals surface area contributed by atoms with Gasteiger partial charge in [-0.05, 0) is 43.2 Å². The molecule has 2 heterocycles. The standard InChI is InChI=1S/C15H21N3O.ClH/c1-10(11-3-2-6-17-7-11)15(19)18-8-12-4-5-14(16)13(12)9-18;/h2-3,6-7,10,12-14H,4-5,8-9,16H2,1H3;1H. The first-order chi connectivity index (χ1) is 9.16. The lowest BCUT2D eigenvalue weighted by molar-refractivity contribution is -0.131. The molecule has 1 saturated carbocycles. The van der Waals surface area contributed by atoms with E-state index in [9.17, 15) is 4.79 Å². The molecule has 20 heavy (non-hydrogen) atoms. The minimum absolute atomic E-state index is 0. The summed E-state index contributed by atoms with van der Waals surface area (Å²) in [5.74, 6) is 1.25. The number of hydrogen-bond donors (Lipinski definition) is 1. The van der Waals surface area contributed by atoms with E-state index in [1.165, 1.54) is 6.42 Å². The van der Waals surface area contributed by atoms with Crippen LogP contribution in [0.1, 0.15) is 31.2 Å². The summed E-state index contributed by atoms with van der Waals surface area (Å²) in [5.41, 5.74) is 7.12. The molecule has 4 atom stereocenters. The topological polar surface area (TPSA) is 59.2 Å². The predicted molar refractivity (Wildman–Crippen MR) is 80.7 cm³/mol. The molecule has 2 N–H and O–H groups in total. The second-order valence-electron chi connectivity index (χ2n) is 5.92. The van der Waals surface area contributed by atoms with E-state index in [4.69, 9.17) is 5.73 Å². The summed E-state index contributed by atoms with van der Waals surface area (Å²) in [4.78, 5) is 18.6. The first-order valence-corrected chi connectivity index (χ1v) is 7.11. The molecule has 5 heteroatoms. The van der Waals surface area contributed by atoms with Gasteiger partial charge in [-0.3, -0.25) is 9.78 Å². The summed E-state index contributed by atoms with van der Waals surface area (Å²) in [5, 5.41) is 0. The van der Waals surface area contributed by atoms with Crippen LogP contribution in [0.15, 0.2) is 24.5 Å². The van der Waals surface area contributed by atoms with E-state index in [1.807, 2.05) is 24.0 Å². The number of halogens is 1. The number of carbonyl (C=O) groups is 1. The molecule has 1 aromatic rings. The van der Waals surface area contributed by atoms with Gasteiger partial charge in [0.05, 0.1) is 5.92 Å². The first-order valence-electron chi connectivity index (χ1n) is 7.11. The van der Waals surface area contributed by atoms with Crippen LogP contribution in [0.2, 0.25) is 0 Å². The van der Waals surface area contributed by atoms with E-state index < -0.39 is 0 Å². The highest BCUT2D eigenvalue weighted by molar-refractivity contribution is 5.85. The number of carbonyl (C=O) groups excluding carboxylic acids is 1. The molecule has 1 aromatic heterocycles. The van der Waals surface area contributed by atoms with Crippen LogP contribution in [0.5, 0.6) is 0 Å². The fraction of sp³-hybridized carbons (Fsp3) is 0.600. The van der Waals surface area contributed by atoms with E-state index >= 15 is 0 Å². The Morgan fingerprint density at radius 1 is 1.45 bits per heavy atom. The Hall–Kier alpha value is -1.13. The summed E-state index contributed by atoms with van der Waals surface area (Å²) in [6.45, 7) is 3.70. The van der Waals surface area contributed by atoms with Gasteiger partial charge in [0.1, 0.15) is 0 Å². The van der Waals surface area contributed by atoms with E-state index in [0.29, 0.717) is 11.8 Å². The second-order valence-corrected chi connectivity index (χ2v) is 5.92. The summed E-state index contributed by atoms with van der Waals surface area (Å²) in [6.07, 6.45) is 5.82. The van der Waals surface area contributed by atoms with E-state index in [-0.39, 0.29) is 30.3 Å². The summed E-state index contributed by atoms with van der Waals surface area (Å²) < 4.78 is 0. The second kappa shape index (κ2) is 6.10. The number of nitrogens with zero attached hydrogens (tertiary/aromatic N) is 2. The van der Waals surface area contributed by atoms with Crippen molar-refractivity contribution in [1.29, 1.82) is 0 Å². The van der Waals surface area contributed by atoms with Crippen LogP contribution in [0.4, 0.5) is 0 Å². The molecule has 0 bridgehead atoms. The molecular formula is C15H22ClN3O. The van der Waals surface area contributed by atoms with Crippen molar-refractivity contribution >= 4 is 18.3 Å². The number of amides is 1. The third kappa shape index (κ3) is 2.67. The van der Waals surface area contributed by atoms with Gasteiger partial charge >= 0.3 is 0 Å². The zero-order valence-electron chi connectivity index (χ0n) is 11.7.